The lowest BCUT2D eigenvalue weighted by Crippen LogP contribution is -2.45. The van der Waals surface area contributed by atoms with Gasteiger partial charge in [-0.1, -0.05) is 46.5 Å². The number of unbranched alkanes of at least 4 members (excludes halogenated alkanes) is 4. The number of rotatable bonds is 11. The molecule has 1 fully saturated rings. The molecule has 0 bridgehead atoms. The van der Waals surface area contributed by atoms with Gasteiger partial charge in [0.1, 0.15) is 6.10 Å². The quantitative estimate of drug-likeness (QED) is 0.236. The SMILES string of the molecule is COC(=O)CCCCCCC[C@@H](O[Si](C)(C)C(C)(C)C)C1CO1. The summed E-state index contributed by atoms with van der Waals surface area (Å²) in [5, 5.41) is 0.244. The van der Waals surface area contributed by atoms with E-state index >= 15 is 0 Å². The highest BCUT2D eigenvalue weighted by Gasteiger charge is 2.43. The Morgan fingerprint density at radius 3 is 2.26 bits per heavy atom. The number of carbonyl (C=O) groups excluding carboxylic acids is 1. The van der Waals surface area contributed by atoms with E-state index < -0.39 is 8.32 Å². The summed E-state index contributed by atoms with van der Waals surface area (Å²) >= 11 is 0. The minimum Gasteiger partial charge on any atom is -0.469 e. The molecule has 2 atom stereocenters. The molecule has 0 radical (unpaired) electrons. The van der Waals surface area contributed by atoms with E-state index in [9.17, 15) is 4.79 Å². The standard InChI is InChI=1S/C18H36O4Si/c1-18(2,3)23(5,6)22-15(16-14-21-16)12-10-8-7-9-11-13-17(19)20-4/h15-16H,7-14H2,1-6H3/t15-,16?/m1/s1. The smallest absolute Gasteiger partial charge is 0.305 e. The van der Waals surface area contributed by atoms with Gasteiger partial charge in [0.05, 0.1) is 19.8 Å². The molecule has 1 saturated heterocycles. The summed E-state index contributed by atoms with van der Waals surface area (Å²) in [6, 6.07) is 0. The zero-order valence-corrected chi connectivity index (χ0v) is 16.9. The van der Waals surface area contributed by atoms with Crippen molar-refractivity contribution in [2.45, 2.75) is 96.1 Å². The van der Waals surface area contributed by atoms with Gasteiger partial charge in [-0.05, 0) is 31.0 Å². The van der Waals surface area contributed by atoms with Crippen molar-refractivity contribution in [2.24, 2.45) is 0 Å². The maximum absolute atomic E-state index is 11.0. The highest BCUT2D eigenvalue weighted by atomic mass is 28.4. The second kappa shape index (κ2) is 9.18. The molecule has 0 aromatic carbocycles. The molecule has 1 aliphatic rings. The fourth-order valence-corrected chi connectivity index (χ4v) is 3.77. The van der Waals surface area contributed by atoms with E-state index in [-0.39, 0.29) is 17.1 Å². The zero-order chi connectivity index (χ0) is 17.5. The summed E-state index contributed by atoms with van der Waals surface area (Å²) in [6.07, 6.45) is 7.82. The highest BCUT2D eigenvalue weighted by Crippen LogP contribution is 2.39. The van der Waals surface area contributed by atoms with Crippen LogP contribution in [0.5, 0.6) is 0 Å². The van der Waals surface area contributed by atoms with Gasteiger partial charge < -0.3 is 13.9 Å². The third-order valence-corrected chi connectivity index (χ3v) is 9.63. The van der Waals surface area contributed by atoms with Gasteiger partial charge in [0.25, 0.3) is 0 Å². The average molecular weight is 345 g/mol. The van der Waals surface area contributed by atoms with Crippen LogP contribution in [0.25, 0.3) is 0 Å². The Balaban J connectivity index is 2.21. The Kier molecular flexibility index (Phi) is 8.25. The average Bonchev–Trinajstić information content (AvgIpc) is 3.27. The summed E-state index contributed by atoms with van der Waals surface area (Å²) in [5.41, 5.74) is 0. The molecule has 1 rings (SSSR count). The molecule has 4 nitrogen and oxygen atoms in total. The molecule has 0 spiro atoms. The monoisotopic (exact) mass is 344 g/mol. The van der Waals surface area contributed by atoms with E-state index in [1.165, 1.54) is 26.4 Å². The molecule has 5 heteroatoms. The summed E-state index contributed by atoms with van der Waals surface area (Å²) < 4.78 is 16.7. The zero-order valence-electron chi connectivity index (χ0n) is 15.9. The fourth-order valence-electron chi connectivity index (χ4n) is 2.39. The van der Waals surface area contributed by atoms with Gasteiger partial charge >= 0.3 is 5.97 Å². The van der Waals surface area contributed by atoms with Crippen molar-refractivity contribution < 1.29 is 18.7 Å². The van der Waals surface area contributed by atoms with Crippen molar-refractivity contribution in [3.05, 3.63) is 0 Å². The maximum Gasteiger partial charge on any atom is 0.305 e. The predicted molar refractivity (Wildman–Crippen MR) is 96.1 cm³/mol. The lowest BCUT2D eigenvalue weighted by molar-refractivity contribution is -0.140. The predicted octanol–water partition coefficient (Wildman–Crippen LogP) is 4.68. The number of ether oxygens (including phenoxy) is 2. The number of methoxy groups -OCH3 is 1. The molecule has 0 N–H and O–H groups in total. The number of epoxide rings is 1. The van der Waals surface area contributed by atoms with Crippen LogP contribution < -0.4 is 0 Å². The molecule has 0 saturated carbocycles. The molecule has 0 amide bonds. The Morgan fingerprint density at radius 2 is 1.74 bits per heavy atom. The number of hydrogen-bond donors (Lipinski definition) is 0. The molecule has 0 aliphatic carbocycles. The van der Waals surface area contributed by atoms with Crippen molar-refractivity contribution in [1.82, 2.24) is 0 Å². The van der Waals surface area contributed by atoms with E-state index in [1.807, 2.05) is 0 Å². The molecular weight excluding hydrogens is 308 g/mol. The molecule has 0 aromatic heterocycles. The minimum atomic E-state index is -1.72. The van der Waals surface area contributed by atoms with Crippen molar-refractivity contribution >= 4 is 14.3 Å². The van der Waals surface area contributed by atoms with Crippen LogP contribution >= 0.6 is 0 Å². The van der Waals surface area contributed by atoms with Gasteiger partial charge in [0.15, 0.2) is 8.32 Å². The second-order valence-corrected chi connectivity index (χ2v) is 12.9. The van der Waals surface area contributed by atoms with Gasteiger partial charge in [0.2, 0.25) is 0 Å². The van der Waals surface area contributed by atoms with Crippen molar-refractivity contribution in [2.75, 3.05) is 13.7 Å². The first-order valence-corrected chi connectivity index (χ1v) is 11.9. The van der Waals surface area contributed by atoms with Gasteiger partial charge in [-0.25, -0.2) is 0 Å². The van der Waals surface area contributed by atoms with Crippen LogP contribution in [-0.2, 0) is 18.7 Å². The molecular formula is C18H36O4Si. The fraction of sp³-hybridized carbons (Fsp3) is 0.944. The summed E-state index contributed by atoms with van der Waals surface area (Å²) in [4.78, 5) is 11.0. The van der Waals surface area contributed by atoms with Crippen LogP contribution in [0, 0.1) is 0 Å². The van der Waals surface area contributed by atoms with Crippen molar-refractivity contribution in [3.8, 4) is 0 Å². The Morgan fingerprint density at radius 1 is 1.17 bits per heavy atom. The maximum atomic E-state index is 11.0. The van der Waals surface area contributed by atoms with Gasteiger partial charge in [-0.15, -0.1) is 0 Å². The first-order valence-electron chi connectivity index (χ1n) is 9.03. The summed E-state index contributed by atoms with van der Waals surface area (Å²) in [6.45, 7) is 12.3. The van der Waals surface area contributed by atoms with Crippen molar-refractivity contribution in [1.29, 1.82) is 0 Å². The normalized spacial score (nSPS) is 19.5. The molecule has 1 aliphatic heterocycles. The first-order chi connectivity index (χ1) is 10.7. The summed E-state index contributed by atoms with van der Waals surface area (Å²) in [5.74, 6) is -0.0984. The Hall–Kier alpha value is -0.393. The van der Waals surface area contributed by atoms with E-state index in [2.05, 4.69) is 38.6 Å². The lowest BCUT2D eigenvalue weighted by Gasteiger charge is -2.39. The van der Waals surface area contributed by atoms with Crippen LogP contribution in [0.4, 0.5) is 0 Å². The van der Waals surface area contributed by atoms with Gasteiger partial charge in [-0.2, -0.15) is 0 Å². The lowest BCUT2D eigenvalue weighted by atomic mass is 10.1. The third-order valence-electron chi connectivity index (χ3n) is 5.12. The van der Waals surface area contributed by atoms with Crippen LogP contribution in [0.3, 0.4) is 0 Å². The van der Waals surface area contributed by atoms with Crippen LogP contribution in [0.15, 0.2) is 0 Å². The van der Waals surface area contributed by atoms with Crippen LogP contribution in [0.2, 0.25) is 18.1 Å². The molecule has 0 aromatic rings. The number of esters is 1. The van der Waals surface area contributed by atoms with Crippen LogP contribution in [-0.4, -0.2) is 40.2 Å². The second-order valence-electron chi connectivity index (χ2n) is 8.17. The topological polar surface area (TPSA) is 48.1 Å². The minimum absolute atomic E-state index is 0.0984. The molecule has 1 heterocycles. The highest BCUT2D eigenvalue weighted by molar-refractivity contribution is 6.74. The number of carbonyl (C=O) groups is 1. The van der Waals surface area contributed by atoms with Gasteiger partial charge in [0, 0.05) is 6.42 Å². The van der Waals surface area contributed by atoms with E-state index in [0.29, 0.717) is 12.5 Å². The molecule has 1 unspecified atom stereocenters. The van der Waals surface area contributed by atoms with E-state index in [1.54, 1.807) is 0 Å². The summed E-state index contributed by atoms with van der Waals surface area (Å²) in [7, 11) is -0.271. The van der Waals surface area contributed by atoms with Gasteiger partial charge in [-0.3, -0.25) is 4.79 Å². The number of hydrogen-bond acceptors (Lipinski definition) is 4. The van der Waals surface area contributed by atoms with E-state index in [4.69, 9.17) is 9.16 Å². The largest absolute Gasteiger partial charge is 0.469 e. The molecule has 136 valence electrons. The Labute approximate surface area is 143 Å². The first kappa shape index (κ1) is 20.7. The Bertz CT molecular complexity index is 359. The van der Waals surface area contributed by atoms with E-state index in [0.717, 1.165) is 25.9 Å². The third kappa shape index (κ3) is 7.81. The molecule has 23 heavy (non-hydrogen) atoms. The van der Waals surface area contributed by atoms with Crippen molar-refractivity contribution in [3.63, 3.8) is 0 Å². The van der Waals surface area contributed by atoms with Crippen LogP contribution in [0.1, 0.15) is 65.7 Å².